The SMILES string of the molecule is C=C(C)C.CC.CCc1ccccc1.COC(=O)c1ccc(C2=CCC3(C)[C@@H](CCC4(C)C5CCC6(C(=O)OS(C)(C)C(C)(C)C)CCC[C@@H]6C5CC[C@@H]43)C2(C)C)cc1. The topological polar surface area (TPSA) is 52.6 Å². The second-order valence-electron chi connectivity index (χ2n) is 21.1. The summed E-state index contributed by atoms with van der Waals surface area (Å²) in [6.45, 7) is 30.6. The standard InChI is InChI=1S/C40H60O4S.C8H10.C4H8.C2H6/c1-36(2,3)45(9,10)44-35(42)40-22-11-12-31(40)28-17-18-33-38(6,30(28)20-25-40)24-21-32-37(4,5)29(19-23-39(32,33)7)26-13-15-27(16-14-26)34(41)43-8;1-2-8-6-4-3-5-7-8;1-4(2)3;1-2/h13-16,19,28,30-33H,11-12,17-18,20-25H2,1-10H3;3-7H,2H2,1H3;1H2,2-3H3;1-2H3/t28?,30?,31-,32+,33+,38?,39?,40?;;;/m1.../s1. The van der Waals surface area contributed by atoms with Crippen molar-refractivity contribution < 1.29 is 18.5 Å². The van der Waals surface area contributed by atoms with E-state index >= 15 is 0 Å². The molecule has 0 saturated heterocycles. The maximum Gasteiger partial charge on any atom is 0.337 e. The van der Waals surface area contributed by atoms with Crippen LogP contribution in [0.1, 0.15) is 169 Å². The molecule has 5 aliphatic carbocycles. The molecule has 5 aliphatic rings. The highest BCUT2D eigenvalue weighted by molar-refractivity contribution is 8.30. The number of rotatable bonds is 5. The molecular weight excluding hydrogens is 745 g/mol. The van der Waals surface area contributed by atoms with Crippen molar-refractivity contribution in [3.8, 4) is 0 Å². The molecule has 4 nitrogen and oxygen atoms in total. The van der Waals surface area contributed by atoms with Gasteiger partial charge < -0.3 is 8.92 Å². The predicted molar refractivity (Wildman–Crippen MR) is 255 cm³/mol. The van der Waals surface area contributed by atoms with Crippen LogP contribution in [0.2, 0.25) is 0 Å². The first-order valence-corrected chi connectivity index (χ1v) is 25.5. The molecule has 5 unspecified atom stereocenters. The summed E-state index contributed by atoms with van der Waals surface area (Å²) in [5.41, 5.74) is 6.24. The lowest BCUT2D eigenvalue weighted by Gasteiger charge is -2.68. The zero-order valence-electron chi connectivity index (χ0n) is 40.2. The van der Waals surface area contributed by atoms with E-state index < -0.39 is 10.3 Å². The van der Waals surface area contributed by atoms with Crippen LogP contribution in [0.4, 0.5) is 0 Å². The Morgan fingerprint density at radius 1 is 0.797 bits per heavy atom. The van der Waals surface area contributed by atoms with E-state index in [4.69, 9.17) is 8.92 Å². The molecule has 8 atom stereocenters. The molecule has 330 valence electrons. The van der Waals surface area contributed by atoms with E-state index in [-0.39, 0.29) is 32.9 Å². The molecule has 0 heterocycles. The summed E-state index contributed by atoms with van der Waals surface area (Å²) in [6.07, 6.45) is 19.9. The molecule has 0 amide bonds. The maximum absolute atomic E-state index is 14.2. The van der Waals surface area contributed by atoms with Gasteiger partial charge in [0, 0.05) is 4.75 Å². The summed E-state index contributed by atoms with van der Waals surface area (Å²) < 4.78 is 11.5. The third-order valence-electron chi connectivity index (χ3n) is 16.1. The summed E-state index contributed by atoms with van der Waals surface area (Å²) in [6, 6.07) is 18.5. The fourth-order valence-corrected chi connectivity index (χ4v) is 13.5. The number of carbonyl (C=O) groups is 2. The van der Waals surface area contributed by atoms with Crippen molar-refractivity contribution in [1.29, 1.82) is 0 Å². The Morgan fingerprint density at radius 3 is 1.95 bits per heavy atom. The third-order valence-corrected chi connectivity index (χ3v) is 19.6. The molecule has 2 aromatic rings. The molecule has 0 aromatic heterocycles. The zero-order chi connectivity index (χ0) is 44.2. The molecule has 4 fully saturated rings. The number of ether oxygens (including phenoxy) is 1. The first-order valence-electron chi connectivity index (χ1n) is 23.1. The van der Waals surface area contributed by atoms with E-state index in [1.165, 1.54) is 74.3 Å². The van der Waals surface area contributed by atoms with Crippen LogP contribution in [0, 0.1) is 51.2 Å². The molecule has 4 saturated carbocycles. The second-order valence-corrected chi connectivity index (χ2v) is 24.9. The van der Waals surface area contributed by atoms with Gasteiger partial charge in [0.2, 0.25) is 0 Å². The van der Waals surface area contributed by atoms with Gasteiger partial charge in [-0.05, 0) is 186 Å². The highest BCUT2D eigenvalue weighted by Crippen LogP contribution is 2.74. The molecule has 0 radical (unpaired) electrons. The highest BCUT2D eigenvalue weighted by atomic mass is 32.3. The predicted octanol–water partition coefficient (Wildman–Crippen LogP) is 15.1. The van der Waals surface area contributed by atoms with Gasteiger partial charge in [-0.2, -0.15) is 0 Å². The van der Waals surface area contributed by atoms with Crippen LogP contribution in [0.3, 0.4) is 0 Å². The number of esters is 1. The summed E-state index contributed by atoms with van der Waals surface area (Å²) in [5.74, 6) is 3.04. The number of methoxy groups -OCH3 is 1. The Bertz CT molecular complexity index is 1760. The first-order chi connectivity index (χ1) is 27.6. The Morgan fingerprint density at radius 2 is 1.41 bits per heavy atom. The van der Waals surface area contributed by atoms with Gasteiger partial charge in [0.1, 0.15) is 0 Å². The maximum atomic E-state index is 14.2. The molecule has 2 aromatic carbocycles. The van der Waals surface area contributed by atoms with E-state index in [1.54, 1.807) is 0 Å². The highest BCUT2D eigenvalue weighted by Gasteiger charge is 2.67. The smallest absolute Gasteiger partial charge is 0.337 e. The largest absolute Gasteiger partial charge is 0.465 e. The lowest BCUT2D eigenvalue weighted by molar-refractivity contribution is -0.186. The lowest BCUT2D eigenvalue weighted by Crippen LogP contribution is -2.61. The molecular formula is C54H84O4S. The van der Waals surface area contributed by atoms with E-state index in [1.807, 2.05) is 45.9 Å². The fraction of sp³-hybridized carbons (Fsp3) is 0.667. The molecule has 59 heavy (non-hydrogen) atoms. The van der Waals surface area contributed by atoms with Crippen molar-refractivity contribution >= 4 is 27.8 Å². The number of fused-ring (bicyclic) bond motifs is 7. The van der Waals surface area contributed by atoms with Crippen molar-refractivity contribution in [2.75, 3.05) is 19.6 Å². The van der Waals surface area contributed by atoms with Crippen LogP contribution in [0.15, 0.2) is 72.8 Å². The number of hydrogen-bond acceptors (Lipinski definition) is 4. The van der Waals surface area contributed by atoms with Gasteiger partial charge in [0.15, 0.2) is 0 Å². The van der Waals surface area contributed by atoms with Crippen LogP contribution in [0.5, 0.6) is 0 Å². The summed E-state index contributed by atoms with van der Waals surface area (Å²) in [7, 11) is -0.0510. The molecule has 0 bridgehead atoms. The summed E-state index contributed by atoms with van der Waals surface area (Å²) >= 11 is 0. The van der Waals surface area contributed by atoms with Gasteiger partial charge in [-0.15, -0.1) is 6.58 Å². The minimum absolute atomic E-state index is 0.0151. The number of aryl methyl sites for hydroxylation is 1. The van der Waals surface area contributed by atoms with E-state index in [2.05, 4.69) is 117 Å². The Balaban J connectivity index is 0.000000471. The minimum Gasteiger partial charge on any atom is -0.465 e. The van der Waals surface area contributed by atoms with Crippen molar-refractivity contribution in [3.05, 3.63) is 89.5 Å². The lowest BCUT2D eigenvalue weighted by atomic mass is 9.36. The van der Waals surface area contributed by atoms with Gasteiger partial charge in [-0.25, -0.2) is 4.79 Å². The zero-order valence-corrected chi connectivity index (χ0v) is 41.0. The molecule has 0 aliphatic heterocycles. The Labute approximate surface area is 363 Å². The normalized spacial score (nSPS) is 31.8. The molecule has 0 N–H and O–H groups in total. The molecule has 0 spiro atoms. The fourth-order valence-electron chi connectivity index (χ4n) is 12.7. The molecule has 7 rings (SSSR count). The van der Waals surface area contributed by atoms with Crippen LogP contribution in [0.25, 0.3) is 5.57 Å². The average molecular weight is 829 g/mol. The van der Waals surface area contributed by atoms with Gasteiger partial charge >= 0.3 is 11.9 Å². The van der Waals surface area contributed by atoms with Gasteiger partial charge in [0.25, 0.3) is 0 Å². The number of allylic oxidation sites excluding steroid dienone is 3. The minimum atomic E-state index is -1.49. The monoisotopic (exact) mass is 829 g/mol. The van der Waals surface area contributed by atoms with Crippen molar-refractivity contribution in [2.24, 2.45) is 51.2 Å². The molecule has 5 heteroatoms. The van der Waals surface area contributed by atoms with Crippen LogP contribution in [-0.2, 0) is 20.1 Å². The van der Waals surface area contributed by atoms with Gasteiger partial charge in [-0.3, -0.25) is 4.79 Å². The van der Waals surface area contributed by atoms with Crippen LogP contribution < -0.4 is 0 Å². The van der Waals surface area contributed by atoms with Gasteiger partial charge in [0.05, 0.1) is 18.1 Å². The summed E-state index contributed by atoms with van der Waals surface area (Å²) in [5, 5.41) is 0. The van der Waals surface area contributed by atoms with Crippen molar-refractivity contribution in [1.82, 2.24) is 0 Å². The summed E-state index contributed by atoms with van der Waals surface area (Å²) in [4.78, 5) is 26.3. The van der Waals surface area contributed by atoms with E-state index in [0.29, 0.717) is 40.6 Å². The third kappa shape index (κ3) is 9.66. The number of carbonyl (C=O) groups excluding carboxylic acids is 2. The Kier molecular flexibility index (Phi) is 15.8. The van der Waals surface area contributed by atoms with Crippen molar-refractivity contribution in [3.63, 3.8) is 0 Å². The average Bonchev–Trinajstić information content (AvgIpc) is 3.64. The second kappa shape index (κ2) is 19.1. The number of hydrogen-bond donors (Lipinski definition) is 0. The van der Waals surface area contributed by atoms with Crippen molar-refractivity contribution in [2.45, 2.75) is 158 Å². The van der Waals surface area contributed by atoms with Gasteiger partial charge in [-0.1, -0.05) is 119 Å². The number of benzene rings is 2. The first kappa shape index (κ1) is 48.9. The van der Waals surface area contributed by atoms with E-state index in [9.17, 15) is 9.59 Å². The van der Waals surface area contributed by atoms with E-state index in [0.717, 1.165) is 25.7 Å². The van der Waals surface area contributed by atoms with Crippen LogP contribution in [-0.4, -0.2) is 36.3 Å². The Hall–Kier alpha value is -2.79. The van der Waals surface area contributed by atoms with Crippen LogP contribution >= 0.6 is 10.3 Å². The quantitative estimate of drug-likeness (QED) is 0.223.